The van der Waals surface area contributed by atoms with E-state index in [0.29, 0.717) is 11.3 Å². The van der Waals surface area contributed by atoms with Crippen LogP contribution in [0.15, 0.2) is 36.5 Å². The lowest BCUT2D eigenvalue weighted by molar-refractivity contribution is 0.566. The van der Waals surface area contributed by atoms with Crippen LogP contribution in [-0.4, -0.2) is 4.57 Å². The average molecular weight is 218 g/mol. The van der Waals surface area contributed by atoms with Crippen molar-refractivity contribution in [1.82, 2.24) is 4.57 Å². The van der Waals surface area contributed by atoms with Gasteiger partial charge in [0.25, 0.3) is 0 Å². The summed E-state index contributed by atoms with van der Waals surface area (Å²) in [4.78, 5) is 0. The third-order valence-corrected chi connectivity index (χ3v) is 2.30. The summed E-state index contributed by atoms with van der Waals surface area (Å²) in [5.41, 5.74) is 0.804. The third-order valence-electron chi connectivity index (χ3n) is 2.30. The van der Waals surface area contributed by atoms with E-state index in [9.17, 15) is 8.78 Å². The second-order valence-electron chi connectivity index (χ2n) is 3.37. The summed E-state index contributed by atoms with van der Waals surface area (Å²) in [5.74, 6) is -1.20. The second kappa shape index (κ2) is 4.15. The highest BCUT2D eigenvalue weighted by molar-refractivity contribution is 5.25. The minimum absolute atomic E-state index is 0.224. The highest BCUT2D eigenvalue weighted by Gasteiger charge is 2.06. The molecule has 2 nitrogen and oxygen atoms in total. The molecule has 0 atom stereocenters. The zero-order valence-electron chi connectivity index (χ0n) is 8.32. The van der Waals surface area contributed by atoms with Gasteiger partial charge in [0.2, 0.25) is 0 Å². The van der Waals surface area contributed by atoms with Gasteiger partial charge in [0.1, 0.15) is 23.4 Å². The number of hydrogen-bond acceptors (Lipinski definition) is 1. The van der Waals surface area contributed by atoms with Crippen LogP contribution in [0.2, 0.25) is 0 Å². The van der Waals surface area contributed by atoms with Crippen LogP contribution in [0.3, 0.4) is 0 Å². The van der Waals surface area contributed by atoms with E-state index in [1.54, 1.807) is 22.9 Å². The van der Waals surface area contributed by atoms with E-state index >= 15 is 0 Å². The van der Waals surface area contributed by atoms with E-state index < -0.39 is 11.6 Å². The molecule has 1 heterocycles. The van der Waals surface area contributed by atoms with Crippen LogP contribution >= 0.6 is 0 Å². The topological polar surface area (TPSA) is 28.7 Å². The summed E-state index contributed by atoms with van der Waals surface area (Å²) in [6.45, 7) is 0.224. The molecule has 4 heteroatoms. The highest BCUT2D eigenvalue weighted by atomic mass is 19.1. The number of nitriles is 1. The Hall–Kier alpha value is -2.15. The molecule has 0 spiro atoms. The fraction of sp³-hybridized carbons (Fsp3) is 0.0833. The summed E-state index contributed by atoms with van der Waals surface area (Å²) in [5, 5.41) is 8.77. The van der Waals surface area contributed by atoms with E-state index in [2.05, 4.69) is 0 Å². The van der Waals surface area contributed by atoms with Gasteiger partial charge in [0.05, 0.1) is 6.54 Å². The zero-order valence-corrected chi connectivity index (χ0v) is 8.32. The Morgan fingerprint density at radius 2 is 2.06 bits per heavy atom. The van der Waals surface area contributed by atoms with Crippen LogP contribution in [0.5, 0.6) is 0 Å². The molecule has 0 aliphatic carbocycles. The van der Waals surface area contributed by atoms with Gasteiger partial charge in [0, 0.05) is 17.8 Å². The minimum atomic E-state index is -0.603. The molecule has 2 rings (SSSR count). The van der Waals surface area contributed by atoms with E-state index in [-0.39, 0.29) is 6.54 Å². The first-order valence-corrected chi connectivity index (χ1v) is 4.70. The van der Waals surface area contributed by atoms with Gasteiger partial charge in [-0.1, -0.05) is 6.07 Å². The molecule has 16 heavy (non-hydrogen) atoms. The average Bonchev–Trinajstić information content (AvgIpc) is 2.69. The van der Waals surface area contributed by atoms with Gasteiger partial charge >= 0.3 is 0 Å². The zero-order chi connectivity index (χ0) is 11.5. The molecule has 80 valence electrons. The van der Waals surface area contributed by atoms with Crippen LogP contribution in [0.4, 0.5) is 8.78 Å². The van der Waals surface area contributed by atoms with Crippen molar-refractivity contribution in [3.63, 3.8) is 0 Å². The Labute approximate surface area is 91.4 Å². The lowest BCUT2D eigenvalue weighted by Gasteiger charge is -2.06. The van der Waals surface area contributed by atoms with Crippen LogP contribution in [0, 0.1) is 23.0 Å². The van der Waals surface area contributed by atoms with Crippen molar-refractivity contribution in [2.75, 3.05) is 0 Å². The number of benzene rings is 1. The number of nitrogens with zero attached hydrogens (tertiary/aromatic N) is 2. The summed E-state index contributed by atoms with van der Waals surface area (Å²) in [6.07, 6.45) is 1.68. The first-order chi connectivity index (χ1) is 7.70. The summed E-state index contributed by atoms with van der Waals surface area (Å²) < 4.78 is 27.6. The molecule has 0 saturated heterocycles. The Balaban J connectivity index is 2.31. The molecule has 0 radical (unpaired) electrons. The van der Waals surface area contributed by atoms with Crippen molar-refractivity contribution in [2.45, 2.75) is 6.54 Å². The summed E-state index contributed by atoms with van der Waals surface area (Å²) in [6, 6.07) is 8.76. The Kier molecular flexibility index (Phi) is 2.69. The molecule has 1 aromatic heterocycles. The van der Waals surface area contributed by atoms with Gasteiger partial charge in [-0.05, 0) is 18.2 Å². The molecule has 0 bridgehead atoms. The Morgan fingerprint density at radius 1 is 1.25 bits per heavy atom. The van der Waals surface area contributed by atoms with Crippen molar-refractivity contribution < 1.29 is 8.78 Å². The van der Waals surface area contributed by atoms with E-state index in [1.165, 1.54) is 12.1 Å². The molecule has 0 amide bonds. The Morgan fingerprint density at radius 3 is 2.75 bits per heavy atom. The lowest BCUT2D eigenvalue weighted by Crippen LogP contribution is -2.03. The smallest absolute Gasteiger partial charge is 0.131 e. The lowest BCUT2D eigenvalue weighted by atomic mass is 10.2. The van der Waals surface area contributed by atoms with Gasteiger partial charge in [0.15, 0.2) is 0 Å². The van der Waals surface area contributed by atoms with Crippen LogP contribution in [0.25, 0.3) is 0 Å². The van der Waals surface area contributed by atoms with Crippen molar-refractivity contribution in [1.29, 1.82) is 5.26 Å². The standard InChI is InChI=1S/C12H8F2N2/c13-10-4-3-9(12(14)6-10)8-16-5-1-2-11(16)7-15/h1-6H,8H2. The quantitative estimate of drug-likeness (QED) is 0.761. The molecular formula is C12H8F2N2. The molecule has 0 N–H and O–H groups in total. The fourth-order valence-corrected chi connectivity index (χ4v) is 1.49. The van der Waals surface area contributed by atoms with Gasteiger partial charge in [-0.2, -0.15) is 5.26 Å². The van der Waals surface area contributed by atoms with Gasteiger partial charge in [-0.15, -0.1) is 0 Å². The van der Waals surface area contributed by atoms with E-state index in [1.807, 2.05) is 6.07 Å². The van der Waals surface area contributed by atoms with Gasteiger partial charge in [-0.25, -0.2) is 8.78 Å². The van der Waals surface area contributed by atoms with Crippen molar-refractivity contribution >= 4 is 0 Å². The summed E-state index contributed by atoms with van der Waals surface area (Å²) >= 11 is 0. The second-order valence-corrected chi connectivity index (χ2v) is 3.37. The maximum absolute atomic E-state index is 13.3. The monoisotopic (exact) mass is 218 g/mol. The molecule has 0 aliphatic heterocycles. The predicted octanol–water partition coefficient (Wildman–Crippen LogP) is 2.69. The number of halogens is 2. The van der Waals surface area contributed by atoms with Gasteiger partial charge in [-0.3, -0.25) is 0 Å². The number of aromatic nitrogens is 1. The molecule has 1 aromatic carbocycles. The third kappa shape index (κ3) is 1.94. The van der Waals surface area contributed by atoms with Crippen molar-refractivity contribution in [2.24, 2.45) is 0 Å². The summed E-state index contributed by atoms with van der Waals surface area (Å²) in [7, 11) is 0. The van der Waals surface area contributed by atoms with E-state index in [4.69, 9.17) is 5.26 Å². The number of rotatable bonds is 2. The van der Waals surface area contributed by atoms with Gasteiger partial charge < -0.3 is 4.57 Å². The normalized spacial score (nSPS) is 10.1. The maximum atomic E-state index is 13.3. The maximum Gasteiger partial charge on any atom is 0.131 e. The van der Waals surface area contributed by atoms with Crippen LogP contribution in [-0.2, 0) is 6.54 Å². The molecule has 0 aliphatic rings. The minimum Gasteiger partial charge on any atom is -0.335 e. The molecule has 0 fully saturated rings. The van der Waals surface area contributed by atoms with Crippen molar-refractivity contribution in [3.05, 3.63) is 59.4 Å². The molecule has 0 saturated carbocycles. The first kappa shape index (κ1) is 10.4. The largest absolute Gasteiger partial charge is 0.335 e. The van der Waals surface area contributed by atoms with Crippen molar-refractivity contribution in [3.8, 4) is 6.07 Å². The number of hydrogen-bond donors (Lipinski definition) is 0. The Bertz CT molecular complexity index is 552. The first-order valence-electron chi connectivity index (χ1n) is 4.70. The fourth-order valence-electron chi connectivity index (χ4n) is 1.49. The predicted molar refractivity (Wildman–Crippen MR) is 54.6 cm³/mol. The van der Waals surface area contributed by atoms with Crippen LogP contribution in [0.1, 0.15) is 11.3 Å². The van der Waals surface area contributed by atoms with Crippen LogP contribution < -0.4 is 0 Å². The highest BCUT2D eigenvalue weighted by Crippen LogP contribution is 2.12. The molecule has 2 aromatic rings. The van der Waals surface area contributed by atoms with E-state index in [0.717, 1.165) is 6.07 Å². The molecule has 0 unspecified atom stereocenters. The molecular weight excluding hydrogens is 210 g/mol. The SMILES string of the molecule is N#Cc1cccn1Cc1ccc(F)cc1F.